The number of imidazole rings is 1. The fraction of sp³-hybridized carbons (Fsp3) is 0.364. The number of nitrogens with one attached hydrogen (secondary N) is 1. The summed E-state index contributed by atoms with van der Waals surface area (Å²) in [6.07, 6.45) is 0. The van der Waals surface area contributed by atoms with E-state index in [1.165, 1.54) is 6.07 Å². The van der Waals surface area contributed by atoms with Crippen LogP contribution in [0.1, 0.15) is 13.8 Å². The number of hydrogen-bond donors (Lipinski definition) is 3. The maximum Gasteiger partial charge on any atom is 0.326 e. The van der Waals surface area contributed by atoms with Crippen LogP contribution in [0.5, 0.6) is 5.75 Å². The predicted octanol–water partition coefficient (Wildman–Crippen LogP) is 0.773. The van der Waals surface area contributed by atoms with Gasteiger partial charge in [-0.15, -0.1) is 0 Å². The second-order valence-corrected chi connectivity index (χ2v) is 4.71. The second-order valence-electron chi connectivity index (χ2n) is 4.71. The molecule has 4 N–H and O–H groups in total. The molecule has 0 aliphatic rings. The molecular formula is C11H15N3O2. The number of aromatic amines is 1. The minimum atomic E-state index is -0.461. The van der Waals surface area contributed by atoms with E-state index in [4.69, 9.17) is 5.73 Å². The Hall–Kier alpha value is -1.75. The first kappa shape index (κ1) is 10.8. The molecule has 16 heavy (non-hydrogen) atoms. The van der Waals surface area contributed by atoms with Crippen LogP contribution in [0.3, 0.4) is 0 Å². The van der Waals surface area contributed by atoms with Crippen LogP contribution >= 0.6 is 0 Å². The number of aromatic nitrogens is 2. The maximum absolute atomic E-state index is 11.7. The van der Waals surface area contributed by atoms with Crippen LogP contribution in [-0.4, -0.2) is 20.2 Å². The third kappa shape index (κ3) is 1.94. The molecule has 0 aliphatic carbocycles. The average Bonchev–Trinajstić information content (AvgIpc) is 2.40. The van der Waals surface area contributed by atoms with Crippen molar-refractivity contribution in [1.29, 1.82) is 0 Å². The lowest BCUT2D eigenvalue weighted by Gasteiger charge is -2.18. The zero-order valence-electron chi connectivity index (χ0n) is 9.32. The molecule has 0 fully saturated rings. The molecule has 0 aliphatic heterocycles. The van der Waals surface area contributed by atoms with E-state index in [1.54, 1.807) is 16.7 Å². The van der Waals surface area contributed by atoms with Crippen LogP contribution in [0.2, 0.25) is 0 Å². The molecule has 5 nitrogen and oxygen atoms in total. The third-order valence-corrected chi connectivity index (χ3v) is 2.32. The summed E-state index contributed by atoms with van der Waals surface area (Å²) in [4.78, 5) is 14.4. The first-order valence-electron chi connectivity index (χ1n) is 5.07. The number of H-pyrrole nitrogens is 1. The van der Waals surface area contributed by atoms with Gasteiger partial charge in [0.05, 0.1) is 11.0 Å². The summed E-state index contributed by atoms with van der Waals surface area (Å²) < 4.78 is 1.58. The lowest BCUT2D eigenvalue weighted by Crippen LogP contribution is -2.39. The van der Waals surface area contributed by atoms with Crippen molar-refractivity contribution in [2.24, 2.45) is 5.73 Å². The topological polar surface area (TPSA) is 84.0 Å². The largest absolute Gasteiger partial charge is 0.508 e. The zero-order chi connectivity index (χ0) is 11.9. The van der Waals surface area contributed by atoms with Gasteiger partial charge in [0, 0.05) is 18.2 Å². The van der Waals surface area contributed by atoms with E-state index in [1.807, 2.05) is 13.8 Å². The smallest absolute Gasteiger partial charge is 0.326 e. The van der Waals surface area contributed by atoms with Crippen LogP contribution in [-0.2, 0) is 6.54 Å². The lowest BCUT2D eigenvalue weighted by atomic mass is 10.1. The third-order valence-electron chi connectivity index (χ3n) is 2.32. The van der Waals surface area contributed by atoms with Gasteiger partial charge < -0.3 is 15.8 Å². The van der Waals surface area contributed by atoms with Gasteiger partial charge in [-0.2, -0.15) is 0 Å². The molecule has 2 rings (SSSR count). The summed E-state index contributed by atoms with van der Waals surface area (Å²) in [5, 5.41) is 9.31. The standard InChI is InChI=1S/C11H15N3O2/c1-11(2,12)6-14-9-4-3-7(15)5-8(9)13-10(14)16/h3-5,15H,6,12H2,1-2H3,(H,13,16). The van der Waals surface area contributed by atoms with Crippen molar-refractivity contribution in [3.8, 4) is 5.75 Å². The van der Waals surface area contributed by atoms with Gasteiger partial charge in [0.2, 0.25) is 0 Å². The fourth-order valence-electron chi connectivity index (χ4n) is 1.72. The Morgan fingerprint density at radius 2 is 2.19 bits per heavy atom. The van der Waals surface area contributed by atoms with Crippen molar-refractivity contribution >= 4 is 11.0 Å². The van der Waals surface area contributed by atoms with Crippen molar-refractivity contribution in [3.05, 3.63) is 28.7 Å². The molecule has 86 valence electrons. The molecule has 5 heteroatoms. The lowest BCUT2D eigenvalue weighted by molar-refractivity contribution is 0.434. The molecule has 0 spiro atoms. The van der Waals surface area contributed by atoms with Crippen molar-refractivity contribution in [3.63, 3.8) is 0 Å². The minimum absolute atomic E-state index is 0.132. The highest BCUT2D eigenvalue weighted by molar-refractivity contribution is 5.76. The van der Waals surface area contributed by atoms with Crippen LogP contribution < -0.4 is 11.4 Å². The van der Waals surface area contributed by atoms with E-state index in [0.717, 1.165) is 5.52 Å². The molecule has 1 aromatic carbocycles. The summed E-state index contributed by atoms with van der Waals surface area (Å²) in [6.45, 7) is 4.15. The number of rotatable bonds is 2. The number of phenolic OH excluding ortho intramolecular Hbond substituents is 1. The Balaban J connectivity index is 2.61. The van der Waals surface area contributed by atoms with Crippen molar-refractivity contribution in [2.75, 3.05) is 0 Å². The number of hydrogen-bond acceptors (Lipinski definition) is 3. The second kappa shape index (κ2) is 3.38. The molecular weight excluding hydrogens is 206 g/mol. The fourth-order valence-corrected chi connectivity index (χ4v) is 1.72. The van der Waals surface area contributed by atoms with Gasteiger partial charge in [-0.25, -0.2) is 4.79 Å². The monoisotopic (exact) mass is 221 g/mol. The van der Waals surface area contributed by atoms with Crippen LogP contribution in [0.25, 0.3) is 11.0 Å². The number of nitrogens with two attached hydrogens (primary N) is 1. The summed E-state index contributed by atoms with van der Waals surface area (Å²) >= 11 is 0. The van der Waals surface area contributed by atoms with Crippen molar-refractivity contribution in [2.45, 2.75) is 25.9 Å². The molecule has 0 unspecified atom stereocenters. The molecule has 1 aromatic heterocycles. The molecule has 0 saturated heterocycles. The highest BCUT2D eigenvalue weighted by Crippen LogP contribution is 2.17. The van der Waals surface area contributed by atoms with Crippen molar-refractivity contribution < 1.29 is 5.11 Å². The summed E-state index contributed by atoms with van der Waals surface area (Å²) in [5.74, 6) is 0.132. The minimum Gasteiger partial charge on any atom is -0.508 e. The first-order valence-corrected chi connectivity index (χ1v) is 5.07. The Bertz CT molecular complexity index is 575. The summed E-state index contributed by atoms with van der Waals surface area (Å²) in [6, 6.07) is 4.78. The van der Waals surface area contributed by atoms with E-state index in [9.17, 15) is 9.90 Å². The van der Waals surface area contributed by atoms with Gasteiger partial charge in [-0.1, -0.05) is 0 Å². The zero-order valence-corrected chi connectivity index (χ0v) is 9.32. The highest BCUT2D eigenvalue weighted by Gasteiger charge is 2.15. The Morgan fingerprint density at radius 1 is 1.50 bits per heavy atom. The average molecular weight is 221 g/mol. The normalized spacial score (nSPS) is 12.2. The summed E-state index contributed by atoms with van der Waals surface area (Å²) in [5.41, 5.74) is 6.59. The molecule has 0 radical (unpaired) electrons. The molecule has 0 saturated carbocycles. The SMILES string of the molecule is CC(C)(N)Cn1c(=O)[nH]c2cc(O)ccc21. The van der Waals surface area contributed by atoms with E-state index in [2.05, 4.69) is 4.98 Å². The molecule has 0 bridgehead atoms. The Morgan fingerprint density at radius 3 is 2.81 bits per heavy atom. The van der Waals surface area contributed by atoms with Crippen LogP contribution in [0.15, 0.2) is 23.0 Å². The van der Waals surface area contributed by atoms with Gasteiger partial charge in [-0.3, -0.25) is 4.57 Å². The van der Waals surface area contributed by atoms with Gasteiger partial charge in [0.25, 0.3) is 0 Å². The molecule has 0 amide bonds. The number of phenols is 1. The number of fused-ring (bicyclic) bond motifs is 1. The molecule has 1 heterocycles. The van der Waals surface area contributed by atoms with E-state index in [0.29, 0.717) is 12.1 Å². The van der Waals surface area contributed by atoms with Crippen molar-refractivity contribution in [1.82, 2.24) is 9.55 Å². The number of benzene rings is 1. The van der Waals surface area contributed by atoms with Gasteiger partial charge in [0.1, 0.15) is 5.75 Å². The quantitative estimate of drug-likeness (QED) is 0.700. The van der Waals surface area contributed by atoms with Gasteiger partial charge in [0.15, 0.2) is 0 Å². The van der Waals surface area contributed by atoms with E-state index >= 15 is 0 Å². The maximum atomic E-state index is 11.7. The van der Waals surface area contributed by atoms with Crippen LogP contribution in [0, 0.1) is 0 Å². The Labute approximate surface area is 92.5 Å². The van der Waals surface area contributed by atoms with E-state index < -0.39 is 5.54 Å². The molecule has 2 aromatic rings. The predicted molar refractivity (Wildman–Crippen MR) is 62.5 cm³/mol. The van der Waals surface area contributed by atoms with Gasteiger partial charge >= 0.3 is 5.69 Å². The number of nitrogens with zero attached hydrogens (tertiary/aromatic N) is 1. The van der Waals surface area contributed by atoms with Gasteiger partial charge in [-0.05, 0) is 26.0 Å². The van der Waals surface area contributed by atoms with Crippen LogP contribution in [0.4, 0.5) is 0 Å². The number of aromatic hydroxyl groups is 1. The highest BCUT2D eigenvalue weighted by atomic mass is 16.3. The Kier molecular flexibility index (Phi) is 2.27. The first-order chi connectivity index (χ1) is 7.37. The summed E-state index contributed by atoms with van der Waals surface area (Å²) in [7, 11) is 0. The van der Waals surface area contributed by atoms with E-state index in [-0.39, 0.29) is 11.4 Å². The molecule has 0 atom stereocenters.